The van der Waals surface area contributed by atoms with Crippen LogP contribution < -0.4 is 0 Å². The van der Waals surface area contributed by atoms with Crippen LogP contribution in [0.2, 0.25) is 0 Å². The molecule has 2 heterocycles. The van der Waals surface area contributed by atoms with Crippen molar-refractivity contribution < 1.29 is 4.79 Å². The summed E-state index contributed by atoms with van der Waals surface area (Å²) in [6, 6.07) is 23.9. The molecule has 0 bridgehead atoms. The van der Waals surface area contributed by atoms with Crippen LogP contribution in [0.3, 0.4) is 0 Å². The predicted octanol–water partition coefficient (Wildman–Crippen LogP) is 4.98. The fourth-order valence-corrected chi connectivity index (χ4v) is 3.91. The van der Waals surface area contributed by atoms with E-state index in [1.165, 1.54) is 0 Å². The minimum Gasteiger partial charge on any atom is -0.310 e. The summed E-state index contributed by atoms with van der Waals surface area (Å²) >= 11 is 0. The van der Waals surface area contributed by atoms with Gasteiger partial charge in [-0.05, 0) is 36.6 Å². The van der Waals surface area contributed by atoms with E-state index in [0.29, 0.717) is 16.9 Å². The third-order valence-electron chi connectivity index (χ3n) is 5.03. The Morgan fingerprint density at radius 3 is 2.07 bits per heavy atom. The molecule has 0 spiro atoms. The van der Waals surface area contributed by atoms with Gasteiger partial charge in [-0.15, -0.1) is 0 Å². The number of carbonyl (C=O) groups excluding carboxylic acids is 1. The molecule has 0 unspecified atom stereocenters. The van der Waals surface area contributed by atoms with Gasteiger partial charge in [0.15, 0.2) is 6.29 Å². The summed E-state index contributed by atoms with van der Waals surface area (Å²) in [4.78, 5) is 16.9. The first-order chi connectivity index (χ1) is 13.7. The molecule has 2 aromatic heterocycles. The second kappa shape index (κ2) is 7.13. The smallest absolute Gasteiger partial charge is 0.167 e. The second-order valence-electron chi connectivity index (χ2n) is 6.86. The number of aldehydes is 1. The maximum absolute atomic E-state index is 12.1. The Morgan fingerprint density at radius 2 is 1.57 bits per heavy atom. The molecule has 0 aliphatic heterocycles. The van der Waals surface area contributed by atoms with E-state index in [4.69, 9.17) is 4.98 Å². The Hall–Kier alpha value is -3.71. The molecule has 0 N–H and O–H groups in total. The molecule has 0 fully saturated rings. The first-order valence-electron chi connectivity index (χ1n) is 9.13. The molecule has 0 radical (unpaired) electrons. The van der Waals surface area contributed by atoms with E-state index in [0.717, 1.165) is 34.1 Å². The summed E-state index contributed by atoms with van der Waals surface area (Å²) in [6.45, 7) is 3.88. The number of aromatic nitrogens is 2. The second-order valence-corrected chi connectivity index (χ2v) is 6.86. The number of pyridine rings is 1. The van der Waals surface area contributed by atoms with Crippen LogP contribution in [-0.4, -0.2) is 15.8 Å². The van der Waals surface area contributed by atoms with Gasteiger partial charge in [-0.1, -0.05) is 60.7 Å². The Kier molecular flexibility index (Phi) is 4.50. The van der Waals surface area contributed by atoms with Gasteiger partial charge in [0.2, 0.25) is 0 Å². The molecular formula is C24H19N3O. The minimum atomic E-state index is -0.263. The quantitative estimate of drug-likeness (QED) is 0.480. The zero-order valence-corrected chi connectivity index (χ0v) is 15.8. The molecule has 0 aliphatic carbocycles. The predicted molar refractivity (Wildman–Crippen MR) is 109 cm³/mol. The van der Waals surface area contributed by atoms with Crippen molar-refractivity contribution in [3.8, 4) is 6.07 Å². The number of nitriles is 1. The summed E-state index contributed by atoms with van der Waals surface area (Å²) in [6.07, 6.45) is 0.772. The van der Waals surface area contributed by atoms with Gasteiger partial charge in [-0.2, -0.15) is 5.26 Å². The summed E-state index contributed by atoms with van der Waals surface area (Å²) in [7, 11) is 0. The van der Waals surface area contributed by atoms with E-state index in [9.17, 15) is 10.1 Å². The molecule has 0 saturated heterocycles. The number of benzene rings is 2. The lowest BCUT2D eigenvalue weighted by atomic mass is 9.98. The lowest BCUT2D eigenvalue weighted by molar-refractivity contribution is 0.111. The molecule has 4 rings (SSSR count). The average Bonchev–Trinajstić information content (AvgIpc) is 3.03. The zero-order chi connectivity index (χ0) is 19.7. The van der Waals surface area contributed by atoms with Crippen LogP contribution in [-0.2, 0) is 0 Å². The Balaban J connectivity index is 2.16. The topological polar surface area (TPSA) is 58.7 Å². The van der Waals surface area contributed by atoms with Gasteiger partial charge < -0.3 is 4.57 Å². The Morgan fingerprint density at radius 1 is 1.00 bits per heavy atom. The van der Waals surface area contributed by atoms with Gasteiger partial charge in [0.25, 0.3) is 0 Å². The molecule has 28 heavy (non-hydrogen) atoms. The summed E-state index contributed by atoms with van der Waals surface area (Å²) in [5.74, 6) is 0. The molecular weight excluding hydrogens is 346 g/mol. The van der Waals surface area contributed by atoms with E-state index >= 15 is 0 Å². The third kappa shape index (κ3) is 2.78. The van der Waals surface area contributed by atoms with E-state index in [2.05, 4.69) is 6.07 Å². The van der Waals surface area contributed by atoms with Crippen molar-refractivity contribution in [3.05, 3.63) is 100 Å². The van der Waals surface area contributed by atoms with Gasteiger partial charge in [0, 0.05) is 11.1 Å². The molecule has 0 aliphatic rings. The fourth-order valence-electron chi connectivity index (χ4n) is 3.91. The monoisotopic (exact) mass is 365 g/mol. The van der Waals surface area contributed by atoms with Crippen molar-refractivity contribution in [1.82, 2.24) is 9.55 Å². The maximum Gasteiger partial charge on any atom is 0.167 e. The number of carbonyl (C=O) groups is 1. The van der Waals surface area contributed by atoms with Crippen molar-refractivity contribution in [2.24, 2.45) is 0 Å². The van der Waals surface area contributed by atoms with Crippen LogP contribution in [0.5, 0.6) is 0 Å². The maximum atomic E-state index is 12.1. The number of hydrogen-bond donors (Lipinski definition) is 0. The van der Waals surface area contributed by atoms with Crippen molar-refractivity contribution >= 4 is 17.3 Å². The summed E-state index contributed by atoms with van der Waals surface area (Å²) in [5.41, 5.74) is 5.25. The van der Waals surface area contributed by atoms with Crippen LogP contribution in [0.4, 0.5) is 0 Å². The van der Waals surface area contributed by atoms with E-state index in [1.807, 2.05) is 85.1 Å². The van der Waals surface area contributed by atoms with Crippen LogP contribution in [0.15, 0.2) is 66.7 Å². The van der Waals surface area contributed by atoms with Gasteiger partial charge >= 0.3 is 0 Å². The number of hydrogen-bond acceptors (Lipinski definition) is 3. The number of fused-ring (bicyclic) bond motifs is 1. The van der Waals surface area contributed by atoms with Gasteiger partial charge in [0.1, 0.15) is 17.4 Å². The normalized spacial score (nSPS) is 10.9. The molecule has 0 atom stereocenters. The van der Waals surface area contributed by atoms with Gasteiger partial charge in [-0.3, -0.25) is 4.79 Å². The molecule has 0 saturated carbocycles. The van der Waals surface area contributed by atoms with Crippen molar-refractivity contribution in [2.45, 2.75) is 19.9 Å². The van der Waals surface area contributed by atoms with E-state index in [1.54, 1.807) is 0 Å². The number of rotatable bonds is 4. The molecule has 4 nitrogen and oxygen atoms in total. The highest BCUT2D eigenvalue weighted by molar-refractivity contribution is 5.96. The van der Waals surface area contributed by atoms with Crippen molar-refractivity contribution in [1.29, 1.82) is 5.26 Å². The van der Waals surface area contributed by atoms with Crippen LogP contribution in [0.1, 0.15) is 44.5 Å². The SMILES string of the molecule is Cc1cc(C)c2c(C#N)c(C=O)n(C(c3ccccc3)c3ccccc3)c2n1. The molecule has 4 heteroatoms. The van der Waals surface area contributed by atoms with Crippen LogP contribution in [0, 0.1) is 25.2 Å². The highest BCUT2D eigenvalue weighted by Gasteiger charge is 2.27. The number of aryl methyl sites for hydroxylation is 2. The van der Waals surface area contributed by atoms with Gasteiger partial charge in [0.05, 0.1) is 11.6 Å². The first kappa shape index (κ1) is 17.7. The lowest BCUT2D eigenvalue weighted by Gasteiger charge is -2.22. The Bertz CT molecular complexity index is 1160. The van der Waals surface area contributed by atoms with E-state index < -0.39 is 0 Å². The summed E-state index contributed by atoms with van der Waals surface area (Å²) in [5, 5.41) is 10.6. The van der Waals surface area contributed by atoms with Crippen molar-refractivity contribution in [3.63, 3.8) is 0 Å². The third-order valence-corrected chi connectivity index (χ3v) is 5.03. The van der Waals surface area contributed by atoms with Crippen molar-refractivity contribution in [2.75, 3.05) is 0 Å². The first-order valence-corrected chi connectivity index (χ1v) is 9.13. The van der Waals surface area contributed by atoms with E-state index in [-0.39, 0.29) is 6.04 Å². The largest absolute Gasteiger partial charge is 0.310 e. The summed E-state index contributed by atoms with van der Waals surface area (Å²) < 4.78 is 1.91. The lowest BCUT2D eigenvalue weighted by Crippen LogP contribution is -2.15. The van der Waals surface area contributed by atoms with Gasteiger partial charge in [-0.25, -0.2) is 4.98 Å². The zero-order valence-electron chi connectivity index (χ0n) is 15.8. The standard InChI is InChI=1S/C24H19N3O/c1-16-13-17(2)26-24-22(16)20(14-25)21(15-28)27(24)23(18-9-5-3-6-10-18)19-11-7-4-8-12-19/h3-13,15,23H,1-2H3. The highest BCUT2D eigenvalue weighted by Crippen LogP contribution is 2.35. The molecule has 136 valence electrons. The number of nitrogens with zero attached hydrogens (tertiary/aromatic N) is 3. The van der Waals surface area contributed by atoms with Crippen LogP contribution in [0.25, 0.3) is 11.0 Å². The minimum absolute atomic E-state index is 0.263. The highest BCUT2D eigenvalue weighted by atomic mass is 16.1. The molecule has 2 aromatic carbocycles. The molecule has 4 aromatic rings. The average molecular weight is 365 g/mol. The Labute approximate surface area is 163 Å². The fraction of sp³-hybridized carbons (Fsp3) is 0.125. The van der Waals surface area contributed by atoms with Crippen LogP contribution >= 0.6 is 0 Å². The molecule has 0 amide bonds.